The Kier molecular flexibility index (Phi) is 5.30. The van der Waals surface area contributed by atoms with Crippen molar-refractivity contribution in [3.8, 4) is 11.1 Å². The minimum Gasteiger partial charge on any atom is -0.374 e. The van der Waals surface area contributed by atoms with Crippen molar-refractivity contribution in [2.75, 3.05) is 18.5 Å². The first-order valence-corrected chi connectivity index (χ1v) is 11.4. The molecule has 5 rings (SSSR count). The number of nitrogens with one attached hydrogen (secondary N) is 1. The van der Waals surface area contributed by atoms with Gasteiger partial charge in [0.2, 0.25) is 5.91 Å². The predicted octanol–water partition coefficient (Wildman–Crippen LogP) is 5.16. The molecule has 0 bridgehead atoms. The summed E-state index contributed by atoms with van der Waals surface area (Å²) in [6, 6.07) is 25.3. The maximum Gasteiger partial charge on any atom is 0.244 e. The summed E-state index contributed by atoms with van der Waals surface area (Å²) in [5.74, 6) is -0.0455. The summed E-state index contributed by atoms with van der Waals surface area (Å²) in [5.41, 5.74) is 9.95. The number of amides is 1. The molecule has 2 atom stereocenters. The molecule has 3 aromatic carbocycles. The van der Waals surface area contributed by atoms with E-state index in [-0.39, 0.29) is 17.2 Å². The zero-order chi connectivity index (χ0) is 22.1. The minimum absolute atomic E-state index is 0.00203. The summed E-state index contributed by atoms with van der Waals surface area (Å²) in [7, 11) is 2.13. The Balaban J connectivity index is 1.24. The highest BCUT2D eigenvalue weighted by molar-refractivity contribution is 5.88. The predicted molar refractivity (Wildman–Crippen MR) is 131 cm³/mol. The summed E-state index contributed by atoms with van der Waals surface area (Å²) in [6.07, 6.45) is 4.84. The van der Waals surface area contributed by atoms with E-state index in [1.165, 1.54) is 27.9 Å². The zero-order valence-corrected chi connectivity index (χ0v) is 18.7. The molecule has 0 saturated heterocycles. The van der Waals surface area contributed by atoms with E-state index in [1.54, 1.807) is 6.21 Å². The van der Waals surface area contributed by atoms with E-state index < -0.39 is 0 Å². The van der Waals surface area contributed by atoms with E-state index in [4.69, 9.17) is 0 Å². The third kappa shape index (κ3) is 3.81. The van der Waals surface area contributed by atoms with Crippen molar-refractivity contribution in [1.29, 1.82) is 0 Å². The van der Waals surface area contributed by atoms with Crippen molar-refractivity contribution in [3.05, 3.63) is 89.5 Å². The van der Waals surface area contributed by atoms with Crippen molar-refractivity contribution < 1.29 is 4.79 Å². The molecule has 1 amide bonds. The third-order valence-electron chi connectivity index (χ3n) is 7.10. The van der Waals surface area contributed by atoms with Crippen LogP contribution in [0.3, 0.4) is 0 Å². The Morgan fingerprint density at radius 1 is 1.03 bits per heavy atom. The van der Waals surface area contributed by atoms with Crippen LogP contribution in [0.2, 0.25) is 0 Å². The second-order valence-electron chi connectivity index (χ2n) is 9.22. The number of nitrogens with zero attached hydrogens (tertiary/aromatic N) is 2. The molecule has 1 aliphatic carbocycles. The molecular weight excluding hydrogens is 394 g/mol. The highest BCUT2D eigenvalue weighted by atomic mass is 16.2. The van der Waals surface area contributed by atoms with Crippen molar-refractivity contribution in [2.45, 2.75) is 31.6 Å². The van der Waals surface area contributed by atoms with Gasteiger partial charge in [-0.3, -0.25) is 4.79 Å². The molecule has 32 heavy (non-hydrogen) atoms. The van der Waals surface area contributed by atoms with Crippen molar-refractivity contribution >= 4 is 17.8 Å². The fraction of sp³-hybridized carbons (Fsp3) is 0.286. The summed E-state index contributed by atoms with van der Waals surface area (Å²) in [5, 5.41) is 4.31. The van der Waals surface area contributed by atoms with Crippen LogP contribution in [0.15, 0.2) is 77.9 Å². The second-order valence-corrected chi connectivity index (χ2v) is 9.22. The lowest BCUT2D eigenvalue weighted by Gasteiger charge is -2.28. The number of carbonyl (C=O) groups excluding carboxylic acids is 1. The van der Waals surface area contributed by atoms with E-state index >= 15 is 0 Å². The van der Waals surface area contributed by atoms with Crippen LogP contribution in [-0.2, 0) is 16.6 Å². The van der Waals surface area contributed by atoms with Gasteiger partial charge in [0.15, 0.2) is 0 Å². The average Bonchev–Trinajstić information content (AvgIpc) is 3.53. The van der Waals surface area contributed by atoms with Gasteiger partial charge >= 0.3 is 0 Å². The van der Waals surface area contributed by atoms with Crippen LogP contribution in [0.4, 0.5) is 5.69 Å². The van der Waals surface area contributed by atoms with Gasteiger partial charge in [-0.1, -0.05) is 73.7 Å². The number of hydrogen-bond donors (Lipinski definition) is 1. The lowest BCUT2D eigenvalue weighted by molar-refractivity contribution is -0.122. The van der Waals surface area contributed by atoms with Crippen LogP contribution >= 0.6 is 0 Å². The first-order valence-electron chi connectivity index (χ1n) is 11.4. The van der Waals surface area contributed by atoms with Gasteiger partial charge in [0, 0.05) is 24.7 Å². The number of anilines is 1. The molecule has 4 nitrogen and oxygen atoms in total. The molecule has 2 aliphatic rings. The Morgan fingerprint density at radius 3 is 2.56 bits per heavy atom. The van der Waals surface area contributed by atoms with E-state index in [1.807, 2.05) is 6.07 Å². The van der Waals surface area contributed by atoms with Gasteiger partial charge in [0.1, 0.15) is 0 Å². The summed E-state index contributed by atoms with van der Waals surface area (Å²) >= 11 is 0. The zero-order valence-electron chi connectivity index (χ0n) is 18.7. The molecular formula is C28H29N3O. The molecule has 1 saturated carbocycles. The molecule has 1 aliphatic heterocycles. The Morgan fingerprint density at radius 2 is 1.78 bits per heavy atom. The van der Waals surface area contributed by atoms with Gasteiger partial charge in [-0.25, -0.2) is 5.43 Å². The first kappa shape index (κ1) is 20.5. The molecule has 1 fully saturated rings. The first-order chi connectivity index (χ1) is 15.6. The normalized spacial score (nSPS) is 21.9. The van der Waals surface area contributed by atoms with Crippen LogP contribution in [-0.4, -0.2) is 25.7 Å². The van der Waals surface area contributed by atoms with Gasteiger partial charge in [0.05, 0.1) is 12.1 Å². The molecule has 2 unspecified atom stereocenters. The van der Waals surface area contributed by atoms with Gasteiger partial charge in [-0.05, 0) is 53.1 Å². The Labute approximate surface area is 190 Å². The van der Waals surface area contributed by atoms with Gasteiger partial charge in [0.25, 0.3) is 0 Å². The molecule has 1 heterocycles. The fourth-order valence-corrected chi connectivity index (χ4v) is 4.94. The molecule has 0 spiro atoms. The molecule has 0 aromatic heterocycles. The number of benzene rings is 3. The lowest BCUT2D eigenvalue weighted by Crippen LogP contribution is -2.26. The smallest absolute Gasteiger partial charge is 0.244 e. The summed E-state index contributed by atoms with van der Waals surface area (Å²) in [4.78, 5) is 15.1. The topological polar surface area (TPSA) is 44.7 Å². The maximum absolute atomic E-state index is 12.8. The molecule has 1 N–H and O–H groups in total. The maximum atomic E-state index is 12.8. The Bertz CT molecular complexity index is 1150. The highest BCUT2D eigenvalue weighted by Crippen LogP contribution is 2.54. The molecule has 3 aromatic rings. The van der Waals surface area contributed by atoms with E-state index in [0.29, 0.717) is 0 Å². The SMILES string of the molecule is CN1CCCc2c(/C=N/NC(=O)C3CC3(C)c3ccc(-c4ccccc4)cc3)cccc21. The number of rotatable bonds is 5. The van der Waals surface area contributed by atoms with Crippen molar-refractivity contribution in [3.63, 3.8) is 0 Å². The molecule has 4 heteroatoms. The van der Waals surface area contributed by atoms with E-state index in [2.05, 4.69) is 96.1 Å². The van der Waals surface area contributed by atoms with Gasteiger partial charge in [-0.2, -0.15) is 5.10 Å². The standard InChI is InChI=1S/C28H29N3O/c1-28(23-15-13-21(14-16-23)20-8-4-3-5-9-20)18-25(28)27(32)30-29-19-22-10-6-12-26-24(22)11-7-17-31(26)2/h3-6,8-10,12-16,19,25H,7,11,17-18H2,1-2H3,(H,30,32)/b29-19+. The number of carbonyl (C=O) groups is 1. The monoisotopic (exact) mass is 423 g/mol. The largest absolute Gasteiger partial charge is 0.374 e. The number of hydrazone groups is 1. The van der Waals surface area contributed by atoms with E-state index in [9.17, 15) is 4.79 Å². The number of hydrogen-bond acceptors (Lipinski definition) is 3. The van der Waals surface area contributed by atoms with E-state index in [0.717, 1.165) is 31.4 Å². The van der Waals surface area contributed by atoms with Crippen LogP contribution < -0.4 is 10.3 Å². The van der Waals surface area contributed by atoms with Crippen LogP contribution in [0, 0.1) is 5.92 Å². The van der Waals surface area contributed by atoms with Crippen molar-refractivity contribution in [2.24, 2.45) is 11.0 Å². The fourth-order valence-electron chi connectivity index (χ4n) is 4.94. The van der Waals surface area contributed by atoms with Gasteiger partial charge < -0.3 is 4.90 Å². The molecule has 162 valence electrons. The van der Waals surface area contributed by atoms with Crippen molar-refractivity contribution in [1.82, 2.24) is 5.43 Å². The summed E-state index contributed by atoms with van der Waals surface area (Å²) in [6.45, 7) is 3.25. The summed E-state index contributed by atoms with van der Waals surface area (Å²) < 4.78 is 0. The number of fused-ring (bicyclic) bond motifs is 1. The third-order valence-corrected chi connectivity index (χ3v) is 7.10. The minimum atomic E-state index is -0.122. The second kappa shape index (κ2) is 8.27. The van der Waals surface area contributed by atoms with Gasteiger partial charge in [-0.15, -0.1) is 0 Å². The Hall–Kier alpha value is -3.40. The lowest BCUT2D eigenvalue weighted by atomic mass is 9.93. The average molecular weight is 424 g/mol. The quantitative estimate of drug-likeness (QED) is 0.455. The van der Waals surface area contributed by atoms with Crippen LogP contribution in [0.25, 0.3) is 11.1 Å². The van der Waals surface area contributed by atoms with Crippen LogP contribution in [0.1, 0.15) is 36.5 Å². The molecule has 0 radical (unpaired) electrons. The highest BCUT2D eigenvalue weighted by Gasteiger charge is 2.55. The van der Waals surface area contributed by atoms with Crippen LogP contribution in [0.5, 0.6) is 0 Å².